The topological polar surface area (TPSA) is 84.3 Å². The molecule has 2 N–H and O–H groups in total. The van der Waals surface area contributed by atoms with Crippen molar-refractivity contribution in [2.75, 3.05) is 7.11 Å². The molecule has 0 saturated heterocycles. The fourth-order valence-electron chi connectivity index (χ4n) is 2.16. The molecular formula is C15H12N2O4. The van der Waals surface area contributed by atoms with Crippen molar-refractivity contribution < 1.29 is 9.84 Å². The van der Waals surface area contributed by atoms with E-state index >= 15 is 0 Å². The highest BCUT2D eigenvalue weighted by atomic mass is 16.5. The van der Waals surface area contributed by atoms with Gasteiger partial charge in [0.1, 0.15) is 11.5 Å². The van der Waals surface area contributed by atoms with E-state index in [1.807, 2.05) is 0 Å². The van der Waals surface area contributed by atoms with Gasteiger partial charge in [-0.3, -0.25) is 4.79 Å². The van der Waals surface area contributed by atoms with Gasteiger partial charge >= 0.3 is 5.69 Å². The number of fused-ring (bicyclic) bond motifs is 1. The summed E-state index contributed by atoms with van der Waals surface area (Å²) in [7, 11) is 1.51. The van der Waals surface area contributed by atoms with Gasteiger partial charge in [-0.15, -0.1) is 0 Å². The molecule has 0 amide bonds. The molecule has 2 aromatic carbocycles. The number of aromatic amines is 1. The number of rotatable bonds is 2. The van der Waals surface area contributed by atoms with Crippen molar-refractivity contribution in [2.24, 2.45) is 0 Å². The van der Waals surface area contributed by atoms with Crippen molar-refractivity contribution in [1.82, 2.24) is 9.55 Å². The minimum atomic E-state index is -0.539. The first-order valence-corrected chi connectivity index (χ1v) is 6.22. The maximum Gasteiger partial charge on any atom is 0.333 e. The van der Waals surface area contributed by atoms with Crippen molar-refractivity contribution in [2.45, 2.75) is 0 Å². The van der Waals surface area contributed by atoms with Crippen LogP contribution in [0.4, 0.5) is 0 Å². The van der Waals surface area contributed by atoms with Crippen LogP contribution in [-0.4, -0.2) is 21.8 Å². The second-order valence-corrected chi connectivity index (χ2v) is 4.50. The monoisotopic (exact) mass is 284 g/mol. The van der Waals surface area contributed by atoms with Crippen LogP contribution in [0.25, 0.3) is 16.6 Å². The Hall–Kier alpha value is -3.02. The summed E-state index contributed by atoms with van der Waals surface area (Å²) in [5, 5.41) is 9.64. The van der Waals surface area contributed by atoms with E-state index in [4.69, 9.17) is 4.74 Å². The van der Waals surface area contributed by atoms with Crippen LogP contribution in [-0.2, 0) is 0 Å². The minimum absolute atomic E-state index is 0.0608. The van der Waals surface area contributed by atoms with Crippen LogP contribution in [0.2, 0.25) is 0 Å². The maximum absolute atomic E-state index is 12.5. The van der Waals surface area contributed by atoms with E-state index in [1.165, 1.54) is 31.4 Å². The van der Waals surface area contributed by atoms with Crippen LogP contribution in [0.3, 0.4) is 0 Å². The SMILES string of the molecule is COc1ccc2[nH]c(=O)n(-c3ccc(O)cc3)c(=O)c2c1. The summed E-state index contributed by atoms with van der Waals surface area (Å²) in [5.41, 5.74) is -0.161. The normalized spacial score (nSPS) is 10.7. The van der Waals surface area contributed by atoms with Crippen LogP contribution in [0.5, 0.6) is 11.5 Å². The fraction of sp³-hybridized carbons (Fsp3) is 0.0667. The first-order valence-electron chi connectivity index (χ1n) is 6.22. The highest BCUT2D eigenvalue weighted by Gasteiger charge is 2.10. The van der Waals surface area contributed by atoms with Gasteiger partial charge in [0.2, 0.25) is 0 Å². The largest absolute Gasteiger partial charge is 0.508 e. The van der Waals surface area contributed by atoms with E-state index in [0.29, 0.717) is 22.3 Å². The number of phenolic OH excluding ortho intramolecular Hbond substituents is 1. The van der Waals surface area contributed by atoms with Gasteiger partial charge in [-0.2, -0.15) is 0 Å². The van der Waals surface area contributed by atoms with Gasteiger partial charge < -0.3 is 14.8 Å². The predicted molar refractivity (Wildman–Crippen MR) is 78.4 cm³/mol. The summed E-state index contributed by atoms with van der Waals surface area (Å²) in [4.78, 5) is 27.3. The van der Waals surface area contributed by atoms with Crippen molar-refractivity contribution in [3.05, 3.63) is 63.3 Å². The molecule has 0 aliphatic rings. The number of aromatic nitrogens is 2. The number of benzene rings is 2. The molecule has 0 atom stereocenters. The van der Waals surface area contributed by atoms with Crippen molar-refractivity contribution in [3.8, 4) is 17.2 Å². The minimum Gasteiger partial charge on any atom is -0.508 e. The van der Waals surface area contributed by atoms with Crippen LogP contribution >= 0.6 is 0 Å². The van der Waals surface area contributed by atoms with Gasteiger partial charge in [0.05, 0.1) is 23.7 Å². The molecule has 0 aliphatic heterocycles. The molecule has 0 fully saturated rings. The first kappa shape index (κ1) is 13.0. The molecule has 1 aromatic heterocycles. The van der Waals surface area contributed by atoms with Crippen molar-refractivity contribution >= 4 is 10.9 Å². The Morgan fingerprint density at radius 1 is 1.10 bits per heavy atom. The van der Waals surface area contributed by atoms with E-state index in [9.17, 15) is 14.7 Å². The first-order chi connectivity index (χ1) is 10.1. The summed E-state index contributed by atoms with van der Waals surface area (Å²) in [6, 6.07) is 10.7. The van der Waals surface area contributed by atoms with Gasteiger partial charge in [0.15, 0.2) is 0 Å². The maximum atomic E-state index is 12.5. The summed E-state index contributed by atoms with van der Waals surface area (Å²) in [6.07, 6.45) is 0. The molecule has 3 aromatic rings. The van der Waals surface area contributed by atoms with Crippen LogP contribution in [0.1, 0.15) is 0 Å². The molecule has 6 heteroatoms. The van der Waals surface area contributed by atoms with Gasteiger partial charge in [-0.05, 0) is 42.5 Å². The highest BCUT2D eigenvalue weighted by Crippen LogP contribution is 2.16. The summed E-state index contributed by atoms with van der Waals surface area (Å²) >= 11 is 0. The molecule has 0 radical (unpaired) electrons. The lowest BCUT2D eigenvalue weighted by molar-refractivity contribution is 0.415. The Bertz CT molecular complexity index is 923. The Balaban J connectivity index is 2.35. The molecule has 106 valence electrons. The molecule has 3 rings (SSSR count). The lowest BCUT2D eigenvalue weighted by atomic mass is 10.2. The number of H-pyrrole nitrogens is 1. The molecule has 0 unspecified atom stereocenters. The smallest absolute Gasteiger partial charge is 0.333 e. The molecule has 1 heterocycles. The quantitative estimate of drug-likeness (QED) is 0.745. The second-order valence-electron chi connectivity index (χ2n) is 4.50. The Kier molecular flexibility index (Phi) is 2.98. The molecule has 0 saturated carbocycles. The van der Waals surface area contributed by atoms with E-state index in [2.05, 4.69) is 4.98 Å². The average Bonchev–Trinajstić information content (AvgIpc) is 2.49. The Morgan fingerprint density at radius 2 is 1.81 bits per heavy atom. The van der Waals surface area contributed by atoms with Gasteiger partial charge in [0, 0.05) is 0 Å². The van der Waals surface area contributed by atoms with Gasteiger partial charge in [0.25, 0.3) is 5.56 Å². The number of methoxy groups -OCH3 is 1. The zero-order valence-electron chi connectivity index (χ0n) is 11.2. The van der Waals surface area contributed by atoms with Crippen LogP contribution < -0.4 is 16.0 Å². The van der Waals surface area contributed by atoms with Gasteiger partial charge in [-0.25, -0.2) is 9.36 Å². The highest BCUT2D eigenvalue weighted by molar-refractivity contribution is 5.79. The molecule has 21 heavy (non-hydrogen) atoms. The van der Waals surface area contributed by atoms with Crippen molar-refractivity contribution in [1.29, 1.82) is 0 Å². The molecule has 0 aliphatic carbocycles. The standard InChI is InChI=1S/C15H12N2O4/c1-21-11-6-7-13-12(8-11)14(19)17(15(20)16-13)9-2-4-10(18)5-3-9/h2-8,18H,1H3,(H,16,20). The lowest BCUT2D eigenvalue weighted by Crippen LogP contribution is -2.33. The number of nitrogens with zero attached hydrogens (tertiary/aromatic N) is 1. The summed E-state index contributed by atoms with van der Waals surface area (Å²) in [6.45, 7) is 0. The Labute approximate surface area is 118 Å². The Morgan fingerprint density at radius 3 is 2.48 bits per heavy atom. The van der Waals surface area contributed by atoms with E-state index < -0.39 is 11.2 Å². The number of ether oxygens (including phenoxy) is 1. The summed E-state index contributed by atoms with van der Waals surface area (Å²) in [5.74, 6) is 0.592. The third-order valence-electron chi connectivity index (χ3n) is 3.21. The molecule has 0 spiro atoms. The van der Waals surface area contributed by atoms with Gasteiger partial charge in [-0.1, -0.05) is 0 Å². The number of nitrogens with one attached hydrogen (secondary N) is 1. The van der Waals surface area contributed by atoms with E-state index in [-0.39, 0.29) is 5.75 Å². The number of hydrogen-bond donors (Lipinski definition) is 2. The second kappa shape index (κ2) is 4.82. The third kappa shape index (κ3) is 2.16. The lowest BCUT2D eigenvalue weighted by Gasteiger charge is -2.07. The van der Waals surface area contributed by atoms with Crippen LogP contribution in [0, 0.1) is 0 Å². The van der Waals surface area contributed by atoms with Crippen LogP contribution in [0.15, 0.2) is 52.1 Å². The zero-order chi connectivity index (χ0) is 15.0. The molecule has 6 nitrogen and oxygen atoms in total. The molecular weight excluding hydrogens is 272 g/mol. The third-order valence-corrected chi connectivity index (χ3v) is 3.21. The zero-order valence-corrected chi connectivity index (χ0v) is 11.2. The average molecular weight is 284 g/mol. The number of aromatic hydroxyl groups is 1. The number of hydrogen-bond acceptors (Lipinski definition) is 4. The van der Waals surface area contributed by atoms with E-state index in [1.54, 1.807) is 18.2 Å². The van der Waals surface area contributed by atoms with E-state index in [0.717, 1.165) is 4.57 Å². The summed E-state index contributed by atoms with van der Waals surface area (Å²) < 4.78 is 6.11. The predicted octanol–water partition coefficient (Wildman–Crippen LogP) is 1.39. The molecule has 0 bridgehead atoms. The fourth-order valence-corrected chi connectivity index (χ4v) is 2.16. The number of phenols is 1. The van der Waals surface area contributed by atoms with Crippen molar-refractivity contribution in [3.63, 3.8) is 0 Å².